The number of hydrogen-bond donors (Lipinski definition) is 2. The Morgan fingerprint density at radius 2 is 1.97 bits per heavy atom. The van der Waals surface area contributed by atoms with Crippen LogP contribution < -0.4 is 20.1 Å². The molecule has 2 atom stereocenters. The van der Waals surface area contributed by atoms with Crippen molar-refractivity contribution in [1.29, 1.82) is 0 Å². The largest absolute Gasteiger partial charge is 0.488 e. The first-order chi connectivity index (χ1) is 17.4. The SMILES string of the molecule is CCOCCC(=O)N1CC[C@@H]2Oc3ccc(cc3)CNC(=O)COc3cc(ccc3C)C(=O)N[C@H]2C1. The number of piperidine rings is 1. The van der Waals surface area contributed by atoms with E-state index in [9.17, 15) is 14.4 Å². The molecular formula is C27H33N3O6. The molecule has 3 aliphatic rings. The molecule has 2 aromatic rings. The highest BCUT2D eigenvalue weighted by atomic mass is 16.5. The van der Waals surface area contributed by atoms with E-state index < -0.39 is 6.04 Å². The highest BCUT2D eigenvalue weighted by Gasteiger charge is 2.34. The molecule has 3 aliphatic heterocycles. The van der Waals surface area contributed by atoms with Gasteiger partial charge in [-0.15, -0.1) is 0 Å². The summed E-state index contributed by atoms with van der Waals surface area (Å²) in [6, 6.07) is 12.2. The number of benzene rings is 2. The fourth-order valence-electron chi connectivity index (χ4n) is 4.30. The van der Waals surface area contributed by atoms with E-state index in [-0.39, 0.29) is 30.4 Å². The van der Waals surface area contributed by atoms with Crippen LogP contribution in [-0.4, -0.2) is 67.7 Å². The van der Waals surface area contributed by atoms with Crippen LogP contribution in [0.15, 0.2) is 42.5 Å². The molecule has 3 heterocycles. The number of carbonyl (C=O) groups excluding carboxylic acids is 3. The van der Waals surface area contributed by atoms with Gasteiger partial charge in [0, 0.05) is 38.2 Å². The van der Waals surface area contributed by atoms with Crippen LogP contribution in [0.3, 0.4) is 0 Å². The van der Waals surface area contributed by atoms with Gasteiger partial charge in [0.2, 0.25) is 5.91 Å². The minimum Gasteiger partial charge on any atom is -0.488 e. The topological polar surface area (TPSA) is 106 Å². The second-order valence-electron chi connectivity index (χ2n) is 9.00. The summed E-state index contributed by atoms with van der Waals surface area (Å²) in [5.41, 5.74) is 2.15. The van der Waals surface area contributed by atoms with E-state index in [1.165, 1.54) is 0 Å². The van der Waals surface area contributed by atoms with Gasteiger partial charge in [0.25, 0.3) is 11.8 Å². The van der Waals surface area contributed by atoms with Gasteiger partial charge in [-0.05, 0) is 49.2 Å². The standard InChI is InChI=1S/C27H33N3O6/c1-3-34-13-11-26(32)30-12-10-23-22(16-30)29-27(33)20-7-4-18(2)24(14-20)35-17-25(31)28-15-19-5-8-21(36-23)9-6-19/h4-9,14,22-23H,3,10-13,15-17H2,1-2H3,(H,28,31)(H,29,33)/t22-,23-/m0/s1. The van der Waals surface area contributed by atoms with Gasteiger partial charge in [-0.25, -0.2) is 0 Å². The number of likely N-dealkylation sites (tertiary alicyclic amines) is 1. The van der Waals surface area contributed by atoms with Crippen LogP contribution in [0.25, 0.3) is 0 Å². The van der Waals surface area contributed by atoms with E-state index in [0.717, 1.165) is 11.1 Å². The zero-order chi connectivity index (χ0) is 25.5. The number of rotatable bonds is 4. The summed E-state index contributed by atoms with van der Waals surface area (Å²) in [4.78, 5) is 40.0. The van der Waals surface area contributed by atoms with Crippen molar-refractivity contribution in [3.8, 4) is 11.5 Å². The van der Waals surface area contributed by atoms with Crippen LogP contribution in [0.1, 0.15) is 41.3 Å². The third-order valence-electron chi connectivity index (χ3n) is 6.39. The Bertz CT molecular complexity index is 1090. The second-order valence-corrected chi connectivity index (χ2v) is 9.00. The van der Waals surface area contributed by atoms with E-state index in [1.807, 2.05) is 38.1 Å². The van der Waals surface area contributed by atoms with Crippen molar-refractivity contribution in [3.05, 3.63) is 59.2 Å². The van der Waals surface area contributed by atoms with Crippen molar-refractivity contribution in [2.24, 2.45) is 0 Å². The van der Waals surface area contributed by atoms with E-state index in [4.69, 9.17) is 14.2 Å². The van der Waals surface area contributed by atoms with Crippen LogP contribution in [0, 0.1) is 6.92 Å². The number of carbonyl (C=O) groups is 3. The monoisotopic (exact) mass is 495 g/mol. The van der Waals surface area contributed by atoms with Gasteiger partial charge in [-0.1, -0.05) is 18.2 Å². The maximum Gasteiger partial charge on any atom is 0.258 e. The minimum absolute atomic E-state index is 0.00733. The maximum absolute atomic E-state index is 13.2. The zero-order valence-corrected chi connectivity index (χ0v) is 20.7. The fraction of sp³-hybridized carbons (Fsp3) is 0.444. The molecule has 9 heteroatoms. The Labute approximate surface area is 211 Å². The van der Waals surface area contributed by atoms with E-state index in [0.29, 0.717) is 62.8 Å². The Balaban J connectivity index is 1.58. The quantitative estimate of drug-likeness (QED) is 0.630. The van der Waals surface area contributed by atoms with Crippen molar-refractivity contribution in [3.63, 3.8) is 0 Å². The Morgan fingerprint density at radius 3 is 2.75 bits per heavy atom. The predicted molar refractivity (Wildman–Crippen MR) is 133 cm³/mol. The lowest BCUT2D eigenvalue weighted by molar-refractivity contribution is -0.134. The Morgan fingerprint density at radius 1 is 1.17 bits per heavy atom. The number of amides is 3. The molecule has 4 bridgehead atoms. The van der Waals surface area contributed by atoms with Gasteiger partial charge in [-0.2, -0.15) is 0 Å². The molecule has 0 aliphatic carbocycles. The molecule has 1 saturated heterocycles. The number of ether oxygens (including phenoxy) is 3. The van der Waals surface area contributed by atoms with Crippen molar-refractivity contribution in [2.75, 3.05) is 32.9 Å². The lowest BCUT2D eigenvalue weighted by Crippen LogP contribution is -2.58. The van der Waals surface area contributed by atoms with Crippen molar-refractivity contribution < 1.29 is 28.6 Å². The summed E-state index contributed by atoms with van der Waals surface area (Å²) in [6.45, 7) is 5.78. The highest BCUT2D eigenvalue weighted by Crippen LogP contribution is 2.23. The molecule has 1 fully saturated rings. The Kier molecular flexibility index (Phi) is 8.43. The summed E-state index contributed by atoms with van der Waals surface area (Å²) in [7, 11) is 0. The first-order valence-corrected chi connectivity index (χ1v) is 12.3. The average molecular weight is 496 g/mol. The summed E-state index contributed by atoms with van der Waals surface area (Å²) >= 11 is 0. The van der Waals surface area contributed by atoms with Crippen LogP contribution in [0.2, 0.25) is 0 Å². The molecule has 3 amide bonds. The molecule has 36 heavy (non-hydrogen) atoms. The predicted octanol–water partition coefficient (Wildman–Crippen LogP) is 2.21. The molecular weight excluding hydrogens is 462 g/mol. The highest BCUT2D eigenvalue weighted by molar-refractivity contribution is 5.95. The molecule has 2 aromatic carbocycles. The van der Waals surface area contributed by atoms with Crippen molar-refractivity contribution >= 4 is 17.7 Å². The summed E-state index contributed by atoms with van der Waals surface area (Å²) < 4.78 is 17.3. The maximum atomic E-state index is 13.2. The van der Waals surface area contributed by atoms with Gasteiger partial charge >= 0.3 is 0 Å². The molecule has 0 aromatic heterocycles. The third-order valence-corrected chi connectivity index (χ3v) is 6.39. The van der Waals surface area contributed by atoms with Gasteiger partial charge < -0.3 is 29.7 Å². The van der Waals surface area contributed by atoms with Crippen LogP contribution in [-0.2, 0) is 20.9 Å². The molecule has 2 N–H and O–H groups in total. The molecule has 0 unspecified atom stereocenters. The second kappa shape index (κ2) is 11.9. The average Bonchev–Trinajstić information content (AvgIpc) is 2.88. The van der Waals surface area contributed by atoms with Crippen LogP contribution in [0.4, 0.5) is 0 Å². The van der Waals surface area contributed by atoms with Gasteiger partial charge in [0.05, 0.1) is 19.1 Å². The molecule has 192 valence electrons. The normalized spacial score (nSPS) is 20.3. The van der Waals surface area contributed by atoms with E-state index in [1.54, 1.807) is 23.1 Å². The number of nitrogens with zero attached hydrogens (tertiary/aromatic N) is 1. The Hall–Kier alpha value is -3.59. The summed E-state index contributed by atoms with van der Waals surface area (Å²) in [5, 5.41) is 5.91. The van der Waals surface area contributed by atoms with E-state index in [2.05, 4.69) is 10.6 Å². The first-order valence-electron chi connectivity index (χ1n) is 12.3. The number of hydrogen-bond acceptors (Lipinski definition) is 6. The summed E-state index contributed by atoms with van der Waals surface area (Å²) in [6.07, 6.45) is 0.561. The van der Waals surface area contributed by atoms with Crippen LogP contribution >= 0.6 is 0 Å². The van der Waals surface area contributed by atoms with Crippen molar-refractivity contribution in [1.82, 2.24) is 15.5 Å². The van der Waals surface area contributed by atoms with E-state index >= 15 is 0 Å². The fourth-order valence-corrected chi connectivity index (χ4v) is 4.30. The third kappa shape index (κ3) is 6.54. The number of aryl methyl sites for hydroxylation is 1. The molecule has 0 saturated carbocycles. The lowest BCUT2D eigenvalue weighted by atomic mass is 10.0. The summed E-state index contributed by atoms with van der Waals surface area (Å²) in [5.74, 6) is 0.568. The van der Waals surface area contributed by atoms with Crippen molar-refractivity contribution in [2.45, 2.75) is 45.4 Å². The molecule has 0 radical (unpaired) electrons. The first kappa shape index (κ1) is 25.5. The van der Waals surface area contributed by atoms with Crippen LogP contribution in [0.5, 0.6) is 11.5 Å². The van der Waals surface area contributed by atoms with Gasteiger partial charge in [0.1, 0.15) is 17.6 Å². The zero-order valence-electron chi connectivity index (χ0n) is 20.7. The van der Waals surface area contributed by atoms with Gasteiger partial charge in [0.15, 0.2) is 6.61 Å². The smallest absolute Gasteiger partial charge is 0.258 e. The van der Waals surface area contributed by atoms with Gasteiger partial charge in [-0.3, -0.25) is 14.4 Å². The molecule has 0 spiro atoms. The number of fused-ring (bicyclic) bond motifs is 7. The minimum atomic E-state index is -0.411. The number of nitrogens with one attached hydrogen (secondary N) is 2. The lowest BCUT2D eigenvalue weighted by Gasteiger charge is -2.39. The molecule has 5 rings (SSSR count). The molecule has 9 nitrogen and oxygen atoms in total.